The first-order valence-electron chi connectivity index (χ1n) is 7.25. The molecule has 5 heteroatoms. The monoisotopic (exact) mass is 290 g/mol. The van der Waals surface area contributed by atoms with Gasteiger partial charge in [0, 0.05) is 20.2 Å². The van der Waals surface area contributed by atoms with Gasteiger partial charge in [-0.1, -0.05) is 24.3 Å². The Hall–Kier alpha value is -1.88. The van der Waals surface area contributed by atoms with E-state index in [9.17, 15) is 9.59 Å². The van der Waals surface area contributed by atoms with Gasteiger partial charge in [-0.2, -0.15) is 0 Å². The predicted octanol–water partition coefficient (Wildman–Crippen LogP) is 1.11. The second-order valence-electron chi connectivity index (χ2n) is 5.34. The first-order valence-corrected chi connectivity index (χ1v) is 7.25. The van der Waals surface area contributed by atoms with Crippen LogP contribution in [0.2, 0.25) is 0 Å². The van der Waals surface area contributed by atoms with E-state index in [0.717, 1.165) is 17.5 Å². The molecule has 0 aromatic heterocycles. The molecule has 1 aliphatic heterocycles. The molecule has 114 valence electrons. The molecule has 0 saturated carbocycles. The summed E-state index contributed by atoms with van der Waals surface area (Å²) in [6.45, 7) is 3.57. The van der Waals surface area contributed by atoms with Crippen LogP contribution in [0.1, 0.15) is 24.5 Å². The number of carbonyl (C=O) groups excluding carboxylic acids is 2. The van der Waals surface area contributed by atoms with Crippen molar-refractivity contribution in [2.24, 2.45) is 0 Å². The third kappa shape index (κ3) is 4.04. The average molecular weight is 290 g/mol. The highest BCUT2D eigenvalue weighted by atomic mass is 16.5. The van der Waals surface area contributed by atoms with Gasteiger partial charge < -0.3 is 15.0 Å². The number of methoxy groups -OCH3 is 1. The lowest BCUT2D eigenvalue weighted by atomic mass is 10.1. The van der Waals surface area contributed by atoms with Crippen LogP contribution in [0.25, 0.3) is 0 Å². The molecular formula is C16H22N2O3. The normalized spacial score (nSPS) is 19.0. The molecule has 0 radical (unpaired) electrons. The number of hydrogen-bond acceptors (Lipinski definition) is 3. The van der Waals surface area contributed by atoms with Crippen LogP contribution < -0.4 is 5.32 Å². The molecule has 1 atom stereocenters. The Balaban J connectivity index is 2.06. The highest BCUT2D eigenvalue weighted by molar-refractivity contribution is 5.88. The van der Waals surface area contributed by atoms with Gasteiger partial charge >= 0.3 is 0 Å². The molecule has 2 amide bonds. The number of nitrogens with zero attached hydrogens (tertiary/aromatic N) is 1. The minimum Gasteiger partial charge on any atom is -0.380 e. The fourth-order valence-corrected chi connectivity index (χ4v) is 2.56. The lowest BCUT2D eigenvalue weighted by molar-refractivity contribution is -0.138. The van der Waals surface area contributed by atoms with E-state index in [1.165, 1.54) is 0 Å². The Morgan fingerprint density at radius 2 is 2.19 bits per heavy atom. The van der Waals surface area contributed by atoms with Gasteiger partial charge in [0.1, 0.15) is 6.04 Å². The van der Waals surface area contributed by atoms with Crippen molar-refractivity contribution in [2.75, 3.05) is 20.2 Å². The maximum absolute atomic E-state index is 12.5. The predicted molar refractivity (Wildman–Crippen MR) is 79.7 cm³/mol. The fourth-order valence-electron chi connectivity index (χ4n) is 2.56. The zero-order valence-electron chi connectivity index (χ0n) is 12.6. The van der Waals surface area contributed by atoms with E-state index in [4.69, 9.17) is 4.74 Å². The first kappa shape index (κ1) is 15.5. The van der Waals surface area contributed by atoms with E-state index >= 15 is 0 Å². The van der Waals surface area contributed by atoms with Gasteiger partial charge in [0.25, 0.3) is 0 Å². The molecule has 1 saturated heterocycles. The van der Waals surface area contributed by atoms with Gasteiger partial charge in [0.15, 0.2) is 0 Å². The highest BCUT2D eigenvalue weighted by Gasteiger charge is 2.27. The summed E-state index contributed by atoms with van der Waals surface area (Å²) in [5, 5.41) is 2.82. The fraction of sp³-hybridized carbons (Fsp3) is 0.500. The Kier molecular flexibility index (Phi) is 5.33. The molecule has 1 fully saturated rings. The van der Waals surface area contributed by atoms with E-state index in [-0.39, 0.29) is 11.8 Å². The summed E-state index contributed by atoms with van der Waals surface area (Å²) < 4.78 is 5.10. The van der Waals surface area contributed by atoms with E-state index < -0.39 is 6.04 Å². The average Bonchev–Trinajstić information content (AvgIpc) is 2.62. The lowest BCUT2D eigenvalue weighted by Crippen LogP contribution is -2.45. The van der Waals surface area contributed by atoms with E-state index in [0.29, 0.717) is 26.1 Å². The topological polar surface area (TPSA) is 58.6 Å². The van der Waals surface area contributed by atoms with Crippen LogP contribution in [0, 0.1) is 0 Å². The molecule has 1 aromatic rings. The van der Waals surface area contributed by atoms with Crippen LogP contribution >= 0.6 is 0 Å². The quantitative estimate of drug-likeness (QED) is 0.904. The molecule has 1 unspecified atom stereocenters. The summed E-state index contributed by atoms with van der Waals surface area (Å²) in [5.41, 5.74) is 2.00. The Labute approximate surface area is 125 Å². The van der Waals surface area contributed by atoms with Crippen LogP contribution in [0.3, 0.4) is 0 Å². The van der Waals surface area contributed by atoms with Crippen LogP contribution in [0.5, 0.6) is 0 Å². The number of rotatable bonds is 4. The number of amides is 2. The number of nitrogens with one attached hydrogen (secondary N) is 1. The van der Waals surface area contributed by atoms with E-state index in [2.05, 4.69) is 5.32 Å². The molecule has 1 aliphatic rings. The van der Waals surface area contributed by atoms with Gasteiger partial charge in [0.05, 0.1) is 13.0 Å². The van der Waals surface area contributed by atoms with Crippen molar-refractivity contribution in [3.8, 4) is 0 Å². The largest absolute Gasteiger partial charge is 0.380 e. The number of ether oxygens (including phenoxy) is 1. The van der Waals surface area contributed by atoms with Gasteiger partial charge in [0.2, 0.25) is 11.8 Å². The van der Waals surface area contributed by atoms with Crippen molar-refractivity contribution in [3.05, 3.63) is 35.4 Å². The third-order valence-electron chi connectivity index (χ3n) is 3.70. The summed E-state index contributed by atoms with van der Waals surface area (Å²) >= 11 is 0. The summed E-state index contributed by atoms with van der Waals surface area (Å²) in [7, 11) is 1.65. The highest BCUT2D eigenvalue weighted by Crippen LogP contribution is 2.12. The second kappa shape index (κ2) is 7.22. The van der Waals surface area contributed by atoms with Crippen LogP contribution in [0.4, 0.5) is 0 Å². The zero-order chi connectivity index (χ0) is 15.2. The van der Waals surface area contributed by atoms with Crippen molar-refractivity contribution < 1.29 is 14.3 Å². The molecule has 1 N–H and O–H groups in total. The summed E-state index contributed by atoms with van der Waals surface area (Å²) in [6, 6.07) is 7.40. The van der Waals surface area contributed by atoms with Crippen molar-refractivity contribution in [1.29, 1.82) is 0 Å². The van der Waals surface area contributed by atoms with Gasteiger partial charge in [-0.25, -0.2) is 0 Å². The van der Waals surface area contributed by atoms with Crippen molar-refractivity contribution in [3.63, 3.8) is 0 Å². The zero-order valence-corrected chi connectivity index (χ0v) is 12.6. The second-order valence-corrected chi connectivity index (χ2v) is 5.34. The van der Waals surface area contributed by atoms with Gasteiger partial charge in [-0.05, 0) is 24.5 Å². The number of hydrogen-bond donors (Lipinski definition) is 1. The van der Waals surface area contributed by atoms with Crippen molar-refractivity contribution in [2.45, 2.75) is 32.4 Å². The smallest absolute Gasteiger partial charge is 0.242 e. The third-order valence-corrected chi connectivity index (χ3v) is 3.70. The minimum absolute atomic E-state index is 0.00545. The maximum atomic E-state index is 12.5. The maximum Gasteiger partial charge on any atom is 0.242 e. The molecule has 1 aromatic carbocycles. The molecule has 1 heterocycles. The molecule has 2 rings (SSSR count). The summed E-state index contributed by atoms with van der Waals surface area (Å²) in [5.74, 6) is -0.0805. The molecule has 0 aliphatic carbocycles. The SMILES string of the molecule is COCc1cccc(CC(=O)N2CCCNC(=O)C2C)c1. The standard InChI is InChI=1S/C16H22N2O3/c1-12-16(20)17-7-4-8-18(12)15(19)10-13-5-3-6-14(9-13)11-21-2/h3,5-6,9,12H,4,7-8,10-11H2,1-2H3,(H,17,20). The minimum atomic E-state index is -0.401. The van der Waals surface area contributed by atoms with Gasteiger partial charge in [-0.3, -0.25) is 9.59 Å². The van der Waals surface area contributed by atoms with E-state index in [1.807, 2.05) is 24.3 Å². The van der Waals surface area contributed by atoms with Crippen molar-refractivity contribution in [1.82, 2.24) is 10.2 Å². The van der Waals surface area contributed by atoms with Crippen LogP contribution in [-0.4, -0.2) is 43.0 Å². The molecule has 0 bridgehead atoms. The summed E-state index contributed by atoms with van der Waals surface area (Å²) in [4.78, 5) is 25.9. The lowest BCUT2D eigenvalue weighted by Gasteiger charge is -2.25. The molecular weight excluding hydrogens is 268 g/mol. The Bertz CT molecular complexity index is 516. The summed E-state index contributed by atoms with van der Waals surface area (Å²) in [6.07, 6.45) is 1.11. The molecule has 0 spiro atoms. The number of benzene rings is 1. The van der Waals surface area contributed by atoms with E-state index in [1.54, 1.807) is 18.9 Å². The van der Waals surface area contributed by atoms with Crippen LogP contribution in [-0.2, 0) is 27.4 Å². The molecule has 5 nitrogen and oxygen atoms in total. The Morgan fingerprint density at radius 1 is 1.43 bits per heavy atom. The van der Waals surface area contributed by atoms with Crippen molar-refractivity contribution >= 4 is 11.8 Å². The Morgan fingerprint density at radius 3 is 2.95 bits per heavy atom. The molecule has 21 heavy (non-hydrogen) atoms. The number of carbonyl (C=O) groups is 2. The first-order chi connectivity index (χ1) is 10.1. The van der Waals surface area contributed by atoms with Gasteiger partial charge in [-0.15, -0.1) is 0 Å². The van der Waals surface area contributed by atoms with Crippen LogP contribution in [0.15, 0.2) is 24.3 Å².